The number of carbonyl (C=O) groups is 2. The lowest BCUT2D eigenvalue weighted by molar-refractivity contribution is -0.157. The maximum Gasteiger partial charge on any atom is 0.416 e. The van der Waals surface area contributed by atoms with Gasteiger partial charge in [-0.25, -0.2) is 4.79 Å². The van der Waals surface area contributed by atoms with Gasteiger partial charge in [0, 0.05) is 29.8 Å². The highest BCUT2D eigenvalue weighted by atomic mass is 19.4. The van der Waals surface area contributed by atoms with Crippen LogP contribution in [-0.4, -0.2) is 47.0 Å². The number of esters is 1. The Morgan fingerprint density at radius 3 is 2.67 bits per heavy atom. The van der Waals surface area contributed by atoms with Gasteiger partial charge in [0.25, 0.3) is 5.91 Å². The van der Waals surface area contributed by atoms with Crippen LogP contribution in [0, 0.1) is 5.92 Å². The van der Waals surface area contributed by atoms with E-state index >= 15 is 0 Å². The number of alkyl halides is 3. The van der Waals surface area contributed by atoms with E-state index in [9.17, 15) is 22.8 Å². The molecule has 3 heterocycles. The van der Waals surface area contributed by atoms with Gasteiger partial charge in [0.05, 0.1) is 43.8 Å². The standard InChI is InChI=1S/C25H29F3N4O4/c1-3-36-23(34)21(16-13-35-14-16)32-11-17(10-30-32)31-12-19-18(22(31)33)7-15(8-20(19)25(26,27)28)9-29-24(2)5-4-6-24/h7-8,10-11,16,21,29H,3-6,9,12-14H2,1-2H3. The molecule has 8 nitrogen and oxygen atoms in total. The van der Waals surface area contributed by atoms with Crippen molar-refractivity contribution in [2.45, 2.75) is 64.0 Å². The molecule has 3 aliphatic rings. The maximum absolute atomic E-state index is 14.0. The number of carbonyl (C=O) groups excluding carboxylic acids is 2. The van der Waals surface area contributed by atoms with Gasteiger partial charge in [-0.1, -0.05) is 0 Å². The van der Waals surface area contributed by atoms with Crippen molar-refractivity contribution < 1.29 is 32.2 Å². The van der Waals surface area contributed by atoms with E-state index in [1.807, 2.05) is 0 Å². The fraction of sp³-hybridized carbons (Fsp3) is 0.560. The van der Waals surface area contributed by atoms with Crippen LogP contribution in [0.5, 0.6) is 0 Å². The first kappa shape index (κ1) is 24.8. The largest absolute Gasteiger partial charge is 0.464 e. The molecule has 1 saturated heterocycles. The summed E-state index contributed by atoms with van der Waals surface area (Å²) in [6, 6.07) is 1.96. The summed E-state index contributed by atoms with van der Waals surface area (Å²) in [5.74, 6) is -1.12. The van der Waals surface area contributed by atoms with Crippen LogP contribution < -0.4 is 10.2 Å². The van der Waals surface area contributed by atoms with E-state index in [1.54, 1.807) is 13.0 Å². The highest BCUT2D eigenvalue weighted by Gasteiger charge is 2.42. The third-order valence-corrected chi connectivity index (χ3v) is 7.41. The molecule has 1 aromatic heterocycles. The van der Waals surface area contributed by atoms with Crippen LogP contribution in [0.4, 0.5) is 18.9 Å². The van der Waals surface area contributed by atoms with Crippen LogP contribution in [0.1, 0.15) is 66.2 Å². The smallest absolute Gasteiger partial charge is 0.416 e. The summed E-state index contributed by atoms with van der Waals surface area (Å²) in [6.07, 6.45) is 1.34. The van der Waals surface area contributed by atoms with Crippen LogP contribution >= 0.6 is 0 Å². The van der Waals surface area contributed by atoms with E-state index in [0.29, 0.717) is 24.5 Å². The monoisotopic (exact) mass is 506 g/mol. The zero-order chi connectivity index (χ0) is 25.7. The Morgan fingerprint density at radius 2 is 2.08 bits per heavy atom. The van der Waals surface area contributed by atoms with Crippen molar-refractivity contribution in [3.63, 3.8) is 0 Å². The zero-order valence-corrected chi connectivity index (χ0v) is 20.2. The van der Waals surface area contributed by atoms with Crippen LogP contribution in [0.25, 0.3) is 0 Å². The Kier molecular flexibility index (Phi) is 6.32. The van der Waals surface area contributed by atoms with Gasteiger partial charge >= 0.3 is 12.1 Å². The van der Waals surface area contributed by atoms with Gasteiger partial charge in [-0.05, 0) is 56.4 Å². The zero-order valence-electron chi connectivity index (χ0n) is 20.2. The molecule has 5 rings (SSSR count). The van der Waals surface area contributed by atoms with Crippen molar-refractivity contribution in [2.24, 2.45) is 5.92 Å². The molecule has 1 aliphatic carbocycles. The number of aromatic nitrogens is 2. The van der Waals surface area contributed by atoms with Crippen LogP contribution in [0.15, 0.2) is 24.5 Å². The van der Waals surface area contributed by atoms with Crippen molar-refractivity contribution in [1.29, 1.82) is 0 Å². The number of fused-ring (bicyclic) bond motifs is 1. The van der Waals surface area contributed by atoms with Gasteiger partial charge in [0.2, 0.25) is 0 Å². The third-order valence-electron chi connectivity index (χ3n) is 7.41. The number of benzene rings is 1. The molecule has 2 aromatic rings. The molecule has 194 valence electrons. The Hall–Kier alpha value is -2.92. The maximum atomic E-state index is 14.0. The number of halogens is 3. The topological polar surface area (TPSA) is 85.7 Å². The highest BCUT2D eigenvalue weighted by molar-refractivity contribution is 6.10. The van der Waals surface area contributed by atoms with E-state index in [4.69, 9.17) is 9.47 Å². The second-order valence-electron chi connectivity index (χ2n) is 10.00. The minimum Gasteiger partial charge on any atom is -0.464 e. The molecule has 0 spiro atoms. The SMILES string of the molecule is CCOC(=O)C(C1COC1)n1cc(N2Cc3c(cc(CNC4(C)CCC4)cc3C(F)(F)F)C2=O)cn1. The number of hydrogen-bond acceptors (Lipinski definition) is 6. The summed E-state index contributed by atoms with van der Waals surface area (Å²) in [5, 5.41) is 7.60. The Morgan fingerprint density at radius 1 is 1.33 bits per heavy atom. The highest BCUT2D eigenvalue weighted by Crippen LogP contribution is 2.40. The van der Waals surface area contributed by atoms with E-state index in [2.05, 4.69) is 17.3 Å². The van der Waals surface area contributed by atoms with Crippen molar-refractivity contribution >= 4 is 17.6 Å². The number of amides is 1. The van der Waals surface area contributed by atoms with Gasteiger partial charge in [0.15, 0.2) is 6.04 Å². The van der Waals surface area contributed by atoms with Crippen LogP contribution in [-0.2, 0) is 33.5 Å². The quantitative estimate of drug-likeness (QED) is 0.548. The number of ether oxygens (including phenoxy) is 2. The number of anilines is 1. The molecular formula is C25H29F3N4O4. The van der Waals surface area contributed by atoms with Crippen LogP contribution in [0.2, 0.25) is 0 Å². The molecule has 1 aromatic carbocycles. The summed E-state index contributed by atoms with van der Waals surface area (Å²) in [7, 11) is 0. The normalized spacial score (nSPS) is 20.0. The summed E-state index contributed by atoms with van der Waals surface area (Å²) in [5.41, 5.74) is -0.137. The summed E-state index contributed by atoms with van der Waals surface area (Å²) < 4.78 is 53.8. The van der Waals surface area contributed by atoms with E-state index in [-0.39, 0.29) is 42.3 Å². The van der Waals surface area contributed by atoms with Gasteiger partial charge < -0.3 is 19.7 Å². The second-order valence-corrected chi connectivity index (χ2v) is 10.00. The Balaban J connectivity index is 1.42. The van der Waals surface area contributed by atoms with Crippen LogP contribution in [0.3, 0.4) is 0 Å². The molecule has 1 atom stereocenters. The molecule has 11 heteroatoms. The van der Waals surface area contributed by atoms with E-state index in [0.717, 1.165) is 25.3 Å². The molecule has 1 N–H and O–H groups in total. The molecule has 36 heavy (non-hydrogen) atoms. The average Bonchev–Trinajstić information content (AvgIpc) is 3.37. The van der Waals surface area contributed by atoms with Crippen molar-refractivity contribution in [2.75, 3.05) is 24.7 Å². The summed E-state index contributed by atoms with van der Waals surface area (Å²) in [6.45, 7) is 4.73. The fourth-order valence-corrected chi connectivity index (χ4v) is 5.03. The Labute approximate surface area is 206 Å². The number of rotatable bonds is 8. The fourth-order valence-electron chi connectivity index (χ4n) is 5.03. The predicted octanol–water partition coefficient (Wildman–Crippen LogP) is 3.85. The molecule has 2 fully saturated rings. The molecule has 1 unspecified atom stereocenters. The van der Waals surface area contributed by atoms with Gasteiger partial charge in [-0.3, -0.25) is 9.48 Å². The van der Waals surface area contributed by atoms with Gasteiger partial charge in [-0.2, -0.15) is 18.3 Å². The molecule has 2 aliphatic heterocycles. The first-order valence-corrected chi connectivity index (χ1v) is 12.2. The molecular weight excluding hydrogens is 477 g/mol. The van der Waals surface area contributed by atoms with Crippen molar-refractivity contribution in [3.05, 3.63) is 46.8 Å². The lowest BCUT2D eigenvalue weighted by Crippen LogP contribution is -2.47. The first-order chi connectivity index (χ1) is 17.1. The van der Waals surface area contributed by atoms with Gasteiger partial charge in [-0.15, -0.1) is 0 Å². The van der Waals surface area contributed by atoms with Crippen molar-refractivity contribution in [1.82, 2.24) is 15.1 Å². The minimum absolute atomic E-state index is 0.0440. The van der Waals surface area contributed by atoms with Gasteiger partial charge in [0.1, 0.15) is 0 Å². The lowest BCUT2D eigenvalue weighted by Gasteiger charge is -2.39. The molecule has 1 amide bonds. The average molecular weight is 507 g/mol. The summed E-state index contributed by atoms with van der Waals surface area (Å²) in [4.78, 5) is 27.1. The van der Waals surface area contributed by atoms with E-state index in [1.165, 1.54) is 22.0 Å². The van der Waals surface area contributed by atoms with E-state index < -0.39 is 29.7 Å². The number of nitrogens with one attached hydrogen (secondary N) is 1. The summed E-state index contributed by atoms with van der Waals surface area (Å²) >= 11 is 0. The number of nitrogens with zero attached hydrogens (tertiary/aromatic N) is 3. The molecule has 0 radical (unpaired) electrons. The minimum atomic E-state index is -4.60. The molecule has 1 saturated carbocycles. The Bertz CT molecular complexity index is 1170. The van der Waals surface area contributed by atoms with Crippen molar-refractivity contribution in [3.8, 4) is 0 Å². The third kappa shape index (κ3) is 4.50. The lowest BCUT2D eigenvalue weighted by atomic mass is 9.78. The molecule has 0 bridgehead atoms. The first-order valence-electron chi connectivity index (χ1n) is 12.2. The predicted molar refractivity (Wildman–Crippen MR) is 123 cm³/mol. The number of hydrogen-bond donors (Lipinski definition) is 1. The second kappa shape index (κ2) is 9.19.